The number of hydrogen-bond acceptors (Lipinski definition) is 3. The Morgan fingerprint density at radius 3 is 2.62 bits per heavy atom. The highest BCUT2D eigenvalue weighted by Crippen LogP contribution is 2.02. The van der Waals surface area contributed by atoms with Crippen LogP contribution in [0.2, 0.25) is 0 Å². The van der Waals surface area contributed by atoms with Gasteiger partial charge in [-0.1, -0.05) is 0 Å². The van der Waals surface area contributed by atoms with E-state index < -0.39 is 0 Å². The summed E-state index contributed by atoms with van der Waals surface area (Å²) < 4.78 is 2.13. The minimum atomic E-state index is 0.606. The van der Waals surface area contributed by atoms with E-state index in [4.69, 9.17) is 5.73 Å². The van der Waals surface area contributed by atoms with Gasteiger partial charge in [-0.05, 0) is 39.8 Å². The quantitative estimate of drug-likeness (QED) is 0.724. The van der Waals surface area contributed by atoms with Gasteiger partial charge in [-0.15, -0.1) is 0 Å². The number of nitrogens with two attached hydrogens (primary N) is 1. The van der Waals surface area contributed by atoms with Crippen molar-refractivity contribution in [2.24, 2.45) is 5.73 Å². The highest BCUT2D eigenvalue weighted by atomic mass is 15.1. The Labute approximate surface area is 98.5 Å². The van der Waals surface area contributed by atoms with Gasteiger partial charge >= 0.3 is 0 Å². The first-order chi connectivity index (χ1) is 7.74. The molecule has 0 aliphatic heterocycles. The standard InChI is InChI=1S/C12H24N4/c1-12(2)16(8-3-5-13)9-4-7-15-10-6-14-11-15/h6,10-12H,3-5,7-9,13H2,1-2H3. The highest BCUT2D eigenvalue weighted by molar-refractivity contribution is 4.74. The van der Waals surface area contributed by atoms with Crippen LogP contribution in [0.15, 0.2) is 18.7 Å². The van der Waals surface area contributed by atoms with Gasteiger partial charge in [0, 0.05) is 31.5 Å². The second-order valence-electron chi connectivity index (χ2n) is 4.43. The monoisotopic (exact) mass is 224 g/mol. The summed E-state index contributed by atoms with van der Waals surface area (Å²) in [6.45, 7) is 8.56. The molecular weight excluding hydrogens is 200 g/mol. The van der Waals surface area contributed by atoms with Crippen LogP contribution >= 0.6 is 0 Å². The first-order valence-corrected chi connectivity index (χ1v) is 6.14. The summed E-state index contributed by atoms with van der Waals surface area (Å²) in [6, 6.07) is 0.606. The molecule has 1 aromatic heterocycles. The molecule has 92 valence electrons. The highest BCUT2D eigenvalue weighted by Gasteiger charge is 2.07. The summed E-state index contributed by atoms with van der Waals surface area (Å²) in [5.41, 5.74) is 5.54. The lowest BCUT2D eigenvalue weighted by atomic mass is 10.2. The van der Waals surface area contributed by atoms with Crippen LogP contribution < -0.4 is 5.73 Å². The van der Waals surface area contributed by atoms with E-state index >= 15 is 0 Å². The molecule has 16 heavy (non-hydrogen) atoms. The second kappa shape index (κ2) is 7.41. The molecule has 1 rings (SSSR count). The van der Waals surface area contributed by atoms with Gasteiger partial charge in [-0.25, -0.2) is 4.98 Å². The molecule has 0 unspecified atom stereocenters. The van der Waals surface area contributed by atoms with Crippen molar-refractivity contribution in [1.29, 1.82) is 0 Å². The van der Waals surface area contributed by atoms with Crippen LogP contribution in [0.25, 0.3) is 0 Å². The summed E-state index contributed by atoms with van der Waals surface area (Å²) in [4.78, 5) is 6.53. The van der Waals surface area contributed by atoms with Crippen molar-refractivity contribution in [2.75, 3.05) is 19.6 Å². The minimum Gasteiger partial charge on any atom is -0.337 e. The van der Waals surface area contributed by atoms with Crippen LogP contribution in [-0.2, 0) is 6.54 Å². The van der Waals surface area contributed by atoms with Crippen LogP contribution in [0, 0.1) is 0 Å². The zero-order valence-electron chi connectivity index (χ0n) is 10.5. The van der Waals surface area contributed by atoms with Crippen molar-refractivity contribution in [3.8, 4) is 0 Å². The van der Waals surface area contributed by atoms with Gasteiger partial charge in [0.1, 0.15) is 0 Å². The van der Waals surface area contributed by atoms with E-state index in [2.05, 4.69) is 28.3 Å². The van der Waals surface area contributed by atoms with Crippen LogP contribution in [0.4, 0.5) is 0 Å². The smallest absolute Gasteiger partial charge is 0.0945 e. The Morgan fingerprint density at radius 2 is 2.06 bits per heavy atom. The Bertz CT molecular complexity index is 256. The molecule has 2 N–H and O–H groups in total. The zero-order valence-corrected chi connectivity index (χ0v) is 10.5. The van der Waals surface area contributed by atoms with Gasteiger partial charge < -0.3 is 15.2 Å². The van der Waals surface area contributed by atoms with Crippen molar-refractivity contribution in [1.82, 2.24) is 14.5 Å². The molecule has 0 atom stereocenters. The topological polar surface area (TPSA) is 47.1 Å². The molecule has 1 aromatic rings. The third-order valence-electron chi connectivity index (χ3n) is 2.80. The molecule has 0 aromatic carbocycles. The van der Waals surface area contributed by atoms with Gasteiger partial charge in [0.15, 0.2) is 0 Å². The predicted molar refractivity (Wildman–Crippen MR) is 67.2 cm³/mol. The number of aromatic nitrogens is 2. The number of rotatable bonds is 8. The lowest BCUT2D eigenvalue weighted by molar-refractivity contribution is 0.214. The molecule has 0 saturated heterocycles. The average Bonchev–Trinajstić information content (AvgIpc) is 2.75. The lowest BCUT2D eigenvalue weighted by Crippen LogP contribution is -2.34. The summed E-state index contributed by atoms with van der Waals surface area (Å²) in [7, 11) is 0. The second-order valence-corrected chi connectivity index (χ2v) is 4.43. The first kappa shape index (κ1) is 13.2. The maximum absolute atomic E-state index is 5.54. The fourth-order valence-corrected chi connectivity index (χ4v) is 1.80. The fraction of sp³-hybridized carbons (Fsp3) is 0.750. The number of hydrogen-bond donors (Lipinski definition) is 1. The molecule has 4 heteroatoms. The third kappa shape index (κ3) is 4.77. The molecule has 0 aliphatic rings. The SMILES string of the molecule is CC(C)N(CCCN)CCCn1ccnc1. The molecule has 0 saturated carbocycles. The largest absolute Gasteiger partial charge is 0.337 e. The van der Waals surface area contributed by atoms with E-state index in [1.807, 2.05) is 18.7 Å². The lowest BCUT2D eigenvalue weighted by Gasteiger charge is -2.26. The van der Waals surface area contributed by atoms with Gasteiger partial charge in [0.05, 0.1) is 6.33 Å². The van der Waals surface area contributed by atoms with Crippen molar-refractivity contribution in [3.63, 3.8) is 0 Å². The van der Waals surface area contributed by atoms with Crippen LogP contribution in [0.1, 0.15) is 26.7 Å². The van der Waals surface area contributed by atoms with Gasteiger partial charge in [0.2, 0.25) is 0 Å². The molecule has 4 nitrogen and oxygen atoms in total. The molecular formula is C12H24N4. The molecule has 0 bridgehead atoms. The Kier molecular flexibility index (Phi) is 6.11. The van der Waals surface area contributed by atoms with E-state index in [0.717, 1.165) is 32.6 Å². The van der Waals surface area contributed by atoms with Crippen molar-refractivity contribution in [3.05, 3.63) is 18.7 Å². The Hall–Kier alpha value is -0.870. The molecule has 0 radical (unpaired) electrons. The Balaban J connectivity index is 2.21. The summed E-state index contributed by atoms with van der Waals surface area (Å²) in [6.07, 6.45) is 7.97. The predicted octanol–water partition coefficient (Wildman–Crippen LogP) is 1.33. The third-order valence-corrected chi connectivity index (χ3v) is 2.80. The van der Waals surface area contributed by atoms with E-state index in [1.54, 1.807) is 0 Å². The average molecular weight is 224 g/mol. The van der Waals surface area contributed by atoms with E-state index in [-0.39, 0.29) is 0 Å². The molecule has 0 spiro atoms. The van der Waals surface area contributed by atoms with E-state index in [9.17, 15) is 0 Å². The molecule has 1 heterocycles. The van der Waals surface area contributed by atoms with Gasteiger partial charge in [-0.2, -0.15) is 0 Å². The molecule has 0 aliphatic carbocycles. The molecule has 0 amide bonds. The summed E-state index contributed by atoms with van der Waals surface area (Å²) >= 11 is 0. The van der Waals surface area contributed by atoms with Crippen LogP contribution in [0.5, 0.6) is 0 Å². The summed E-state index contributed by atoms with van der Waals surface area (Å²) in [5, 5.41) is 0. The minimum absolute atomic E-state index is 0.606. The fourth-order valence-electron chi connectivity index (χ4n) is 1.80. The summed E-state index contributed by atoms with van der Waals surface area (Å²) in [5.74, 6) is 0. The zero-order chi connectivity index (χ0) is 11.8. The normalized spacial score (nSPS) is 11.6. The first-order valence-electron chi connectivity index (χ1n) is 6.14. The van der Waals surface area contributed by atoms with E-state index in [0.29, 0.717) is 6.04 Å². The van der Waals surface area contributed by atoms with Gasteiger partial charge in [-0.3, -0.25) is 0 Å². The molecule has 0 fully saturated rings. The Morgan fingerprint density at radius 1 is 1.31 bits per heavy atom. The van der Waals surface area contributed by atoms with Crippen LogP contribution in [-0.4, -0.2) is 40.1 Å². The number of aryl methyl sites for hydroxylation is 1. The van der Waals surface area contributed by atoms with E-state index in [1.165, 1.54) is 6.42 Å². The van der Waals surface area contributed by atoms with Crippen molar-refractivity contribution in [2.45, 2.75) is 39.3 Å². The van der Waals surface area contributed by atoms with Crippen molar-refractivity contribution < 1.29 is 0 Å². The van der Waals surface area contributed by atoms with Crippen LogP contribution in [0.3, 0.4) is 0 Å². The van der Waals surface area contributed by atoms with Gasteiger partial charge in [0.25, 0.3) is 0 Å². The maximum atomic E-state index is 5.54. The number of nitrogens with zero attached hydrogens (tertiary/aromatic N) is 3. The maximum Gasteiger partial charge on any atom is 0.0945 e. The number of imidazole rings is 1. The van der Waals surface area contributed by atoms with Crippen molar-refractivity contribution >= 4 is 0 Å².